The summed E-state index contributed by atoms with van der Waals surface area (Å²) in [7, 11) is 0. The van der Waals surface area contributed by atoms with E-state index < -0.39 is 6.04 Å². The lowest BCUT2D eigenvalue weighted by atomic mass is 9.94. The monoisotopic (exact) mass is 390 g/mol. The summed E-state index contributed by atoms with van der Waals surface area (Å²) in [6, 6.07) is 24.9. The van der Waals surface area contributed by atoms with Gasteiger partial charge in [-0.3, -0.25) is 9.63 Å². The molecule has 0 radical (unpaired) electrons. The van der Waals surface area contributed by atoms with Gasteiger partial charge in [0.2, 0.25) is 5.91 Å². The van der Waals surface area contributed by atoms with Crippen LogP contribution in [0.25, 0.3) is 0 Å². The van der Waals surface area contributed by atoms with E-state index in [0.717, 1.165) is 12.1 Å². The van der Waals surface area contributed by atoms with Crippen molar-refractivity contribution in [3.63, 3.8) is 0 Å². The molecule has 2 aliphatic rings. The molecule has 4 nitrogen and oxygen atoms in total. The van der Waals surface area contributed by atoms with E-state index in [1.165, 1.54) is 11.1 Å². The normalized spacial score (nSPS) is 22.6. The number of hydroxylamine groups is 1. The van der Waals surface area contributed by atoms with Crippen LogP contribution in [0, 0.1) is 5.92 Å². The first kappa shape index (κ1) is 17.3. The van der Waals surface area contributed by atoms with Gasteiger partial charge in [-0.1, -0.05) is 66.2 Å². The lowest BCUT2D eigenvalue weighted by molar-refractivity contribution is -0.118. The molecular weight excluding hydrogens is 372 g/mol. The number of hydrogen-bond acceptors (Lipinski definition) is 3. The molecule has 1 aliphatic heterocycles. The summed E-state index contributed by atoms with van der Waals surface area (Å²) >= 11 is 6.25. The Hall–Kier alpha value is -2.82. The molecule has 1 N–H and O–H groups in total. The number of benzene rings is 3. The van der Waals surface area contributed by atoms with E-state index in [9.17, 15) is 4.79 Å². The molecule has 1 saturated heterocycles. The molecule has 1 aliphatic carbocycles. The van der Waals surface area contributed by atoms with E-state index in [-0.39, 0.29) is 17.9 Å². The van der Waals surface area contributed by atoms with Gasteiger partial charge in [-0.2, -0.15) is 0 Å². The van der Waals surface area contributed by atoms with Crippen molar-refractivity contribution in [1.29, 1.82) is 0 Å². The quantitative estimate of drug-likeness (QED) is 0.683. The standard InChI is InChI=1S/C23H19ClN2O2/c24-19-12-6-7-13-20(19)25-23(27)21-18-14-15-8-4-5-11-17(15)22(18)28-26(21)16-9-2-1-3-10-16/h1-13,18,21-22H,14H2,(H,25,27)/t18-,21-,22-/m0/s1. The molecule has 3 aromatic carbocycles. The third kappa shape index (κ3) is 2.86. The van der Waals surface area contributed by atoms with Gasteiger partial charge in [0.1, 0.15) is 12.1 Å². The van der Waals surface area contributed by atoms with Crippen molar-refractivity contribution < 1.29 is 9.63 Å². The van der Waals surface area contributed by atoms with Crippen LogP contribution in [0.3, 0.4) is 0 Å². The van der Waals surface area contributed by atoms with Crippen molar-refractivity contribution in [2.75, 3.05) is 10.4 Å². The topological polar surface area (TPSA) is 41.6 Å². The predicted octanol–water partition coefficient (Wildman–Crippen LogP) is 5.01. The molecule has 1 heterocycles. The zero-order chi connectivity index (χ0) is 19.1. The summed E-state index contributed by atoms with van der Waals surface area (Å²) in [4.78, 5) is 19.7. The maximum atomic E-state index is 13.4. The first-order chi connectivity index (χ1) is 13.7. The van der Waals surface area contributed by atoms with Gasteiger partial charge >= 0.3 is 0 Å². The Morgan fingerprint density at radius 3 is 2.50 bits per heavy atom. The number of hydrogen-bond donors (Lipinski definition) is 1. The predicted molar refractivity (Wildman–Crippen MR) is 110 cm³/mol. The number of fused-ring (bicyclic) bond motifs is 3. The number of nitrogens with zero attached hydrogens (tertiary/aromatic N) is 1. The molecule has 0 spiro atoms. The van der Waals surface area contributed by atoms with Crippen LogP contribution in [-0.4, -0.2) is 11.9 Å². The minimum Gasteiger partial charge on any atom is -0.323 e. The smallest absolute Gasteiger partial charge is 0.250 e. The highest BCUT2D eigenvalue weighted by molar-refractivity contribution is 6.33. The van der Waals surface area contributed by atoms with E-state index in [1.807, 2.05) is 60.7 Å². The van der Waals surface area contributed by atoms with Crippen molar-refractivity contribution in [3.8, 4) is 0 Å². The van der Waals surface area contributed by atoms with E-state index in [2.05, 4.69) is 17.4 Å². The van der Waals surface area contributed by atoms with Crippen LogP contribution in [0.5, 0.6) is 0 Å². The molecule has 3 aromatic rings. The van der Waals surface area contributed by atoms with Gasteiger partial charge in [-0.15, -0.1) is 0 Å². The van der Waals surface area contributed by atoms with E-state index in [1.54, 1.807) is 11.1 Å². The zero-order valence-corrected chi connectivity index (χ0v) is 15.8. The van der Waals surface area contributed by atoms with Gasteiger partial charge in [-0.05, 0) is 41.8 Å². The SMILES string of the molecule is O=C(Nc1ccccc1Cl)[C@@H]1[C@@H]2Cc3ccccc3[C@@H]2ON1c1ccccc1. The van der Waals surface area contributed by atoms with Gasteiger partial charge in [0, 0.05) is 5.92 Å². The Labute approximate surface area is 168 Å². The molecule has 0 saturated carbocycles. The van der Waals surface area contributed by atoms with Gasteiger partial charge < -0.3 is 5.32 Å². The number of amides is 1. The van der Waals surface area contributed by atoms with E-state index in [4.69, 9.17) is 16.4 Å². The fraction of sp³-hybridized carbons (Fsp3) is 0.174. The number of nitrogens with one attached hydrogen (secondary N) is 1. The number of carbonyl (C=O) groups excluding carboxylic acids is 1. The molecule has 0 unspecified atom stereocenters. The summed E-state index contributed by atoms with van der Waals surface area (Å²) in [6.07, 6.45) is 0.684. The minimum atomic E-state index is -0.448. The van der Waals surface area contributed by atoms with Crippen LogP contribution >= 0.6 is 11.6 Å². The second-order valence-corrected chi connectivity index (χ2v) is 7.58. The molecule has 28 heavy (non-hydrogen) atoms. The van der Waals surface area contributed by atoms with Gasteiger partial charge in [0.25, 0.3) is 0 Å². The van der Waals surface area contributed by atoms with E-state index in [0.29, 0.717) is 10.7 Å². The number of carbonyl (C=O) groups is 1. The third-order valence-electron chi connectivity index (χ3n) is 5.50. The maximum absolute atomic E-state index is 13.4. The van der Waals surface area contributed by atoms with Crippen molar-refractivity contribution in [2.24, 2.45) is 5.92 Å². The second-order valence-electron chi connectivity index (χ2n) is 7.17. The van der Waals surface area contributed by atoms with Gasteiger partial charge in [0.15, 0.2) is 0 Å². The summed E-state index contributed by atoms with van der Waals surface area (Å²) in [5.74, 6) is -0.0719. The summed E-state index contributed by atoms with van der Waals surface area (Å²) in [5.41, 5.74) is 3.90. The van der Waals surface area contributed by atoms with Crippen molar-refractivity contribution >= 4 is 28.9 Å². The molecule has 3 atom stereocenters. The number of rotatable bonds is 3. The van der Waals surface area contributed by atoms with Crippen LogP contribution in [-0.2, 0) is 16.1 Å². The number of halogens is 1. The molecule has 1 amide bonds. The van der Waals surface area contributed by atoms with Gasteiger partial charge in [0.05, 0.1) is 16.4 Å². The summed E-state index contributed by atoms with van der Waals surface area (Å²) < 4.78 is 0. The molecule has 1 fully saturated rings. The van der Waals surface area contributed by atoms with Crippen molar-refractivity contribution in [2.45, 2.75) is 18.6 Å². The number of para-hydroxylation sites is 2. The van der Waals surface area contributed by atoms with E-state index >= 15 is 0 Å². The van der Waals surface area contributed by atoms with Crippen LogP contribution in [0.15, 0.2) is 78.9 Å². The molecule has 140 valence electrons. The van der Waals surface area contributed by atoms with Crippen LogP contribution in [0.1, 0.15) is 17.2 Å². The highest BCUT2D eigenvalue weighted by Gasteiger charge is 2.51. The van der Waals surface area contributed by atoms with Gasteiger partial charge in [-0.25, -0.2) is 5.06 Å². The zero-order valence-electron chi connectivity index (χ0n) is 15.1. The fourth-order valence-corrected chi connectivity index (χ4v) is 4.41. The molecule has 5 rings (SSSR count). The minimum absolute atomic E-state index is 0.0418. The maximum Gasteiger partial charge on any atom is 0.250 e. The number of anilines is 2. The van der Waals surface area contributed by atoms with Crippen LogP contribution in [0.2, 0.25) is 5.02 Å². The molecular formula is C23H19ClN2O2. The fourth-order valence-electron chi connectivity index (χ4n) is 4.23. The second kappa shape index (κ2) is 6.97. The first-order valence-electron chi connectivity index (χ1n) is 9.36. The largest absolute Gasteiger partial charge is 0.323 e. The first-order valence-corrected chi connectivity index (χ1v) is 9.74. The highest BCUT2D eigenvalue weighted by atomic mass is 35.5. The van der Waals surface area contributed by atoms with Crippen LogP contribution < -0.4 is 10.4 Å². The Balaban J connectivity index is 1.51. The molecule has 0 bridgehead atoms. The van der Waals surface area contributed by atoms with Crippen molar-refractivity contribution in [3.05, 3.63) is 95.0 Å². The Morgan fingerprint density at radius 1 is 0.964 bits per heavy atom. The third-order valence-corrected chi connectivity index (χ3v) is 5.83. The lowest BCUT2D eigenvalue weighted by Crippen LogP contribution is -2.43. The molecule has 5 heteroatoms. The Morgan fingerprint density at radius 2 is 1.68 bits per heavy atom. The average Bonchev–Trinajstić information content (AvgIpc) is 3.26. The Kier molecular flexibility index (Phi) is 4.30. The lowest BCUT2D eigenvalue weighted by Gasteiger charge is -2.26. The van der Waals surface area contributed by atoms with Crippen LogP contribution in [0.4, 0.5) is 11.4 Å². The Bertz CT molecular complexity index is 1020. The van der Waals surface area contributed by atoms with Crippen molar-refractivity contribution in [1.82, 2.24) is 0 Å². The summed E-state index contributed by atoms with van der Waals surface area (Å²) in [5, 5.41) is 5.28. The average molecular weight is 391 g/mol. The molecule has 0 aromatic heterocycles. The summed E-state index contributed by atoms with van der Waals surface area (Å²) in [6.45, 7) is 0. The highest BCUT2D eigenvalue weighted by Crippen LogP contribution is 2.48.